The van der Waals surface area contributed by atoms with Crippen LogP contribution in [0.4, 0.5) is 10.5 Å². The first-order valence-corrected chi connectivity index (χ1v) is 15.5. The number of rotatable bonds is 8. The summed E-state index contributed by atoms with van der Waals surface area (Å²) in [7, 11) is 0. The van der Waals surface area contributed by atoms with Crippen LogP contribution < -0.4 is 10.2 Å². The minimum absolute atomic E-state index is 0.00251. The molecule has 1 heterocycles. The molecule has 1 aliphatic heterocycles. The summed E-state index contributed by atoms with van der Waals surface area (Å²) in [5.41, 5.74) is 8.44. The van der Waals surface area contributed by atoms with Gasteiger partial charge in [-0.2, -0.15) is 0 Å². The van der Waals surface area contributed by atoms with E-state index in [4.69, 9.17) is 9.47 Å². The largest absolute Gasteiger partial charge is 0.478 e. The molecule has 3 aromatic carbocycles. The van der Waals surface area contributed by atoms with Crippen LogP contribution >= 0.6 is 0 Å². The van der Waals surface area contributed by atoms with Crippen LogP contribution in [-0.2, 0) is 20.8 Å². The van der Waals surface area contributed by atoms with Gasteiger partial charge in [-0.3, -0.25) is 4.79 Å². The molecule has 9 nitrogen and oxygen atoms in total. The highest BCUT2D eigenvalue weighted by atomic mass is 16.6. The van der Waals surface area contributed by atoms with Crippen molar-refractivity contribution < 1.29 is 29.0 Å². The molecule has 0 radical (unpaired) electrons. The van der Waals surface area contributed by atoms with Crippen molar-refractivity contribution >= 4 is 23.7 Å². The quantitative estimate of drug-likeness (QED) is 0.307. The molecule has 1 amide bonds. The van der Waals surface area contributed by atoms with Crippen molar-refractivity contribution in [2.75, 3.05) is 44.2 Å². The SMILES string of the molecule is Cc1c(CNCC(=O)OC(C)(C)C)c(C)c(N2CCN(C(=O)OCC3c4ccccc4-c4ccccc43)CC2)c(C)c1C(=O)O. The van der Waals surface area contributed by atoms with Crippen LogP contribution in [0.25, 0.3) is 11.1 Å². The van der Waals surface area contributed by atoms with Crippen LogP contribution in [0.15, 0.2) is 48.5 Å². The van der Waals surface area contributed by atoms with Gasteiger partial charge in [-0.1, -0.05) is 48.5 Å². The van der Waals surface area contributed by atoms with E-state index in [0.717, 1.165) is 16.8 Å². The average Bonchev–Trinajstić information content (AvgIpc) is 3.30. The molecule has 1 aliphatic carbocycles. The molecule has 0 bridgehead atoms. The van der Waals surface area contributed by atoms with E-state index in [1.165, 1.54) is 22.3 Å². The number of amides is 1. The lowest BCUT2D eigenvalue weighted by molar-refractivity contribution is -0.153. The number of hydrogen-bond acceptors (Lipinski definition) is 7. The van der Waals surface area contributed by atoms with Crippen molar-refractivity contribution in [1.82, 2.24) is 10.2 Å². The van der Waals surface area contributed by atoms with Gasteiger partial charge in [-0.05, 0) is 86.1 Å². The van der Waals surface area contributed by atoms with Crippen LogP contribution in [0.3, 0.4) is 0 Å². The summed E-state index contributed by atoms with van der Waals surface area (Å²) in [6, 6.07) is 16.5. The van der Waals surface area contributed by atoms with Crippen LogP contribution in [0.5, 0.6) is 0 Å². The normalized spacial score (nSPS) is 14.6. The summed E-state index contributed by atoms with van der Waals surface area (Å²) in [6.07, 6.45) is -0.341. The zero-order chi connectivity index (χ0) is 32.5. The summed E-state index contributed by atoms with van der Waals surface area (Å²) >= 11 is 0. The van der Waals surface area contributed by atoms with Gasteiger partial charge in [0.1, 0.15) is 12.2 Å². The lowest BCUT2D eigenvalue weighted by Crippen LogP contribution is -2.49. The first-order valence-electron chi connectivity index (χ1n) is 15.5. The van der Waals surface area contributed by atoms with E-state index in [0.29, 0.717) is 43.9 Å². The number of nitrogens with zero attached hydrogens (tertiary/aromatic N) is 2. The Labute approximate surface area is 265 Å². The second kappa shape index (κ2) is 12.9. The second-order valence-corrected chi connectivity index (χ2v) is 12.9. The fourth-order valence-electron chi connectivity index (χ4n) is 6.78. The molecular weight excluding hydrogens is 570 g/mol. The minimum atomic E-state index is -0.989. The van der Waals surface area contributed by atoms with E-state index in [9.17, 15) is 19.5 Å². The fraction of sp³-hybridized carbons (Fsp3) is 0.417. The highest BCUT2D eigenvalue weighted by molar-refractivity contribution is 5.94. The fourth-order valence-corrected chi connectivity index (χ4v) is 6.78. The molecule has 0 spiro atoms. The van der Waals surface area contributed by atoms with Crippen molar-refractivity contribution in [3.8, 4) is 11.1 Å². The van der Waals surface area contributed by atoms with Gasteiger partial charge < -0.3 is 29.7 Å². The number of piperazine rings is 1. The Hall–Kier alpha value is -4.37. The zero-order valence-corrected chi connectivity index (χ0v) is 27.0. The minimum Gasteiger partial charge on any atom is -0.478 e. The smallest absolute Gasteiger partial charge is 0.409 e. The van der Waals surface area contributed by atoms with E-state index < -0.39 is 11.6 Å². The number of nitrogens with one attached hydrogen (secondary N) is 1. The summed E-state index contributed by atoms with van der Waals surface area (Å²) in [5.74, 6) is -1.36. The molecule has 3 aromatic rings. The third-order valence-corrected chi connectivity index (χ3v) is 8.76. The number of hydrogen-bond donors (Lipinski definition) is 2. The molecule has 5 rings (SSSR count). The number of esters is 1. The number of fused-ring (bicyclic) bond motifs is 3. The van der Waals surface area contributed by atoms with Gasteiger partial charge in [0.25, 0.3) is 0 Å². The third-order valence-electron chi connectivity index (χ3n) is 8.76. The van der Waals surface area contributed by atoms with Gasteiger partial charge in [-0.15, -0.1) is 0 Å². The van der Waals surface area contributed by atoms with Gasteiger partial charge in [0, 0.05) is 44.3 Å². The molecular formula is C36H43N3O6. The van der Waals surface area contributed by atoms with Gasteiger partial charge in [0.15, 0.2) is 0 Å². The summed E-state index contributed by atoms with van der Waals surface area (Å²) in [4.78, 5) is 41.7. The van der Waals surface area contributed by atoms with E-state index in [-0.39, 0.29) is 36.7 Å². The molecule has 2 N–H and O–H groups in total. The standard InChI is InChI=1S/C36H43N3O6/c1-22-29(19-37-20-31(40)45-36(4,5)6)23(2)33(24(3)32(22)34(41)42)38-15-17-39(18-16-38)35(43)44-21-30-27-13-9-7-11-25(27)26-12-8-10-14-28(26)30/h7-14,30,37H,15-21H2,1-6H3,(H,41,42). The monoisotopic (exact) mass is 613 g/mol. The molecule has 238 valence electrons. The van der Waals surface area contributed by atoms with Crippen molar-refractivity contribution in [2.24, 2.45) is 0 Å². The maximum absolute atomic E-state index is 13.2. The van der Waals surface area contributed by atoms with E-state index in [1.807, 2.05) is 65.8 Å². The number of ether oxygens (including phenoxy) is 2. The number of benzene rings is 3. The Morgan fingerprint density at radius 2 is 1.44 bits per heavy atom. The highest BCUT2D eigenvalue weighted by Gasteiger charge is 2.32. The first kappa shape index (κ1) is 32.0. The van der Waals surface area contributed by atoms with Crippen molar-refractivity contribution in [3.63, 3.8) is 0 Å². The summed E-state index contributed by atoms with van der Waals surface area (Å²) in [6.45, 7) is 13.7. The van der Waals surface area contributed by atoms with Gasteiger partial charge in [-0.25, -0.2) is 9.59 Å². The molecule has 45 heavy (non-hydrogen) atoms. The molecule has 0 atom stereocenters. The molecule has 1 saturated heterocycles. The lowest BCUT2D eigenvalue weighted by Gasteiger charge is -2.38. The topological polar surface area (TPSA) is 108 Å². The Kier molecular flexibility index (Phi) is 9.20. The predicted molar refractivity (Wildman–Crippen MR) is 174 cm³/mol. The van der Waals surface area contributed by atoms with Crippen molar-refractivity contribution in [1.29, 1.82) is 0 Å². The summed E-state index contributed by atoms with van der Waals surface area (Å²) in [5, 5.41) is 13.3. The van der Waals surface area contributed by atoms with Gasteiger partial charge in [0.2, 0.25) is 0 Å². The van der Waals surface area contributed by atoms with Crippen molar-refractivity contribution in [3.05, 3.63) is 87.5 Å². The van der Waals surface area contributed by atoms with Crippen LogP contribution in [-0.4, -0.2) is 73.0 Å². The molecule has 1 fully saturated rings. The number of carboxylic acids is 1. The molecule has 2 aliphatic rings. The predicted octanol–water partition coefficient (Wildman–Crippen LogP) is 5.81. The molecule has 0 aromatic heterocycles. The molecule has 9 heteroatoms. The van der Waals surface area contributed by atoms with Crippen LogP contribution in [0.2, 0.25) is 0 Å². The van der Waals surface area contributed by atoms with Crippen LogP contribution in [0, 0.1) is 20.8 Å². The van der Waals surface area contributed by atoms with Gasteiger partial charge >= 0.3 is 18.0 Å². The molecule has 0 unspecified atom stereocenters. The maximum atomic E-state index is 13.2. The van der Waals surface area contributed by atoms with E-state index in [2.05, 4.69) is 34.5 Å². The number of carboxylic acid groups (broad SMARTS) is 1. The lowest BCUT2D eigenvalue weighted by atomic mass is 9.90. The Balaban J connectivity index is 1.26. The first-order chi connectivity index (χ1) is 21.4. The van der Waals surface area contributed by atoms with Gasteiger partial charge in [0.05, 0.1) is 12.1 Å². The highest BCUT2D eigenvalue weighted by Crippen LogP contribution is 2.44. The third kappa shape index (κ3) is 6.68. The summed E-state index contributed by atoms with van der Waals surface area (Å²) < 4.78 is 11.3. The average molecular weight is 614 g/mol. The zero-order valence-electron chi connectivity index (χ0n) is 27.0. The number of anilines is 1. The van der Waals surface area contributed by atoms with Crippen molar-refractivity contribution in [2.45, 2.75) is 59.6 Å². The maximum Gasteiger partial charge on any atom is 0.409 e. The van der Waals surface area contributed by atoms with E-state index in [1.54, 1.807) is 4.90 Å². The Morgan fingerprint density at radius 3 is 2.00 bits per heavy atom. The number of aromatic carboxylic acids is 1. The Bertz CT molecular complexity index is 1570. The molecule has 0 saturated carbocycles. The Morgan fingerprint density at radius 1 is 0.867 bits per heavy atom. The number of carbonyl (C=O) groups is 3. The second-order valence-electron chi connectivity index (χ2n) is 12.9. The number of carbonyl (C=O) groups excluding carboxylic acids is 2. The van der Waals surface area contributed by atoms with E-state index >= 15 is 0 Å². The van der Waals surface area contributed by atoms with Crippen LogP contribution in [0.1, 0.15) is 70.4 Å².